The smallest absolute Gasteiger partial charge is 0.414 e. The number of carboxylic acid groups (broad SMARTS) is 1. The maximum absolute atomic E-state index is 12.1. The molecule has 4 aliphatic rings. The number of carbonyl (C=O) groups is 4. The summed E-state index contributed by atoms with van der Waals surface area (Å²) in [5.74, 6) is -0.316. The maximum atomic E-state index is 12.1. The van der Waals surface area contributed by atoms with Crippen LogP contribution in [0.25, 0.3) is 0 Å². The van der Waals surface area contributed by atoms with Crippen LogP contribution >= 0.6 is 24.4 Å². The van der Waals surface area contributed by atoms with E-state index >= 15 is 0 Å². The number of ether oxygens (including phenoxy) is 2. The molecular weight excluding hydrogens is 673 g/mol. The third kappa shape index (κ3) is 9.62. The third-order valence-corrected chi connectivity index (χ3v) is 7.94. The molecule has 2 fully saturated rings. The monoisotopic (exact) mass is 716 g/mol. The average Bonchev–Trinajstić information content (AvgIpc) is 3.83. The number of thiocarbonyl (C=S) groups is 2. The molecule has 0 radical (unpaired) electrons. The topological polar surface area (TPSA) is 178 Å². The van der Waals surface area contributed by atoms with Gasteiger partial charge < -0.3 is 35.6 Å². The Morgan fingerprint density at radius 3 is 1.80 bits per heavy atom. The van der Waals surface area contributed by atoms with Gasteiger partial charge in [0.2, 0.25) is 0 Å². The average molecular weight is 717 g/mol. The molecule has 49 heavy (non-hydrogen) atoms. The molecule has 4 aliphatic heterocycles. The molecule has 0 saturated carbocycles. The lowest BCUT2D eigenvalue weighted by Gasteiger charge is -2.18. The Bertz CT molecular complexity index is 1590. The molecule has 16 heteroatoms. The van der Waals surface area contributed by atoms with Gasteiger partial charge in [-0.05, 0) is 86.0 Å². The molecule has 14 nitrogen and oxygen atoms in total. The number of aliphatic hydroxyl groups is 1. The van der Waals surface area contributed by atoms with Gasteiger partial charge in [0.25, 0.3) is 5.91 Å². The molecule has 2 aromatic carbocycles. The van der Waals surface area contributed by atoms with Crippen LogP contribution in [0, 0.1) is 0 Å². The molecule has 0 aliphatic carbocycles. The molecule has 4 amide bonds. The Morgan fingerprint density at radius 2 is 1.35 bits per heavy atom. The Hall–Kier alpha value is -4.38. The first-order valence-corrected chi connectivity index (χ1v) is 16.2. The van der Waals surface area contributed by atoms with Gasteiger partial charge in [-0.15, -0.1) is 0 Å². The number of anilines is 4. The van der Waals surface area contributed by atoms with Crippen molar-refractivity contribution in [2.24, 2.45) is 5.73 Å². The zero-order valence-corrected chi connectivity index (χ0v) is 28.6. The SMILES string of the molecule is C.CC(=S)NC[C@H]1CN(c2ccc3c(c2)CCN3C(=O)CO)C(=O)O1.CC(C)=S.NC[C@H]1CN(c2ccc3c(c2)CCN3C(=O)O)C(=O)O1. The van der Waals surface area contributed by atoms with Crippen LogP contribution in [0.1, 0.15) is 39.3 Å². The van der Waals surface area contributed by atoms with E-state index in [1.165, 1.54) is 9.80 Å². The number of nitrogens with zero attached hydrogens (tertiary/aromatic N) is 4. The van der Waals surface area contributed by atoms with E-state index in [0.29, 0.717) is 62.8 Å². The molecule has 266 valence electrons. The Labute approximate surface area is 296 Å². The number of nitrogens with one attached hydrogen (secondary N) is 1. The summed E-state index contributed by atoms with van der Waals surface area (Å²) in [7, 11) is 0. The van der Waals surface area contributed by atoms with Crippen LogP contribution in [-0.2, 0) is 27.1 Å². The Morgan fingerprint density at radius 1 is 0.878 bits per heavy atom. The van der Waals surface area contributed by atoms with E-state index < -0.39 is 18.8 Å². The van der Waals surface area contributed by atoms with Crippen molar-refractivity contribution in [2.75, 3.05) is 65.5 Å². The Kier molecular flexibility index (Phi) is 13.8. The highest BCUT2D eigenvalue weighted by molar-refractivity contribution is 7.80. The number of benzene rings is 2. The number of fused-ring (bicyclic) bond motifs is 2. The summed E-state index contributed by atoms with van der Waals surface area (Å²) in [5, 5.41) is 21.1. The van der Waals surface area contributed by atoms with Crippen molar-refractivity contribution in [3.8, 4) is 0 Å². The summed E-state index contributed by atoms with van der Waals surface area (Å²) in [6, 6.07) is 10.8. The van der Waals surface area contributed by atoms with E-state index in [0.717, 1.165) is 33.1 Å². The molecule has 0 bridgehead atoms. The highest BCUT2D eigenvalue weighted by atomic mass is 32.1. The van der Waals surface area contributed by atoms with Crippen molar-refractivity contribution in [1.29, 1.82) is 0 Å². The van der Waals surface area contributed by atoms with Gasteiger partial charge in [0.05, 0.1) is 30.3 Å². The van der Waals surface area contributed by atoms with Crippen molar-refractivity contribution in [2.45, 2.75) is 53.2 Å². The second-order valence-corrected chi connectivity index (χ2v) is 13.0. The highest BCUT2D eigenvalue weighted by Crippen LogP contribution is 2.34. The van der Waals surface area contributed by atoms with Crippen LogP contribution in [-0.4, -0.2) is 102 Å². The predicted molar refractivity (Wildman–Crippen MR) is 196 cm³/mol. The summed E-state index contributed by atoms with van der Waals surface area (Å²) in [6.45, 7) is 7.72. The van der Waals surface area contributed by atoms with Crippen molar-refractivity contribution in [3.05, 3.63) is 47.5 Å². The van der Waals surface area contributed by atoms with E-state index in [1.54, 1.807) is 34.9 Å². The standard InChI is InChI=1S/C16H19N3O4S.C13H15N3O4.C3H6S.CH4/c1-10(24)17-7-13-8-19(16(22)23-13)12-2-3-14-11(6-12)4-5-18(14)15(21)9-20;14-6-10-7-16(13(19)20-10)9-1-2-11-8(5-9)3-4-15(11)12(17)18;1-3(2)4;/h2-3,6,13,20H,4-5,7-9H2,1H3,(H,17,24);1-2,5,10H,3-4,6-7,14H2,(H,17,18);1-2H3;1H4/t13-;10-;;/m00../s1. The zero-order valence-electron chi connectivity index (χ0n) is 27.0. The molecule has 4 heterocycles. The summed E-state index contributed by atoms with van der Waals surface area (Å²) in [6.07, 6.45) is -0.938. The molecule has 0 spiro atoms. The van der Waals surface area contributed by atoms with Crippen molar-refractivity contribution in [3.63, 3.8) is 0 Å². The van der Waals surface area contributed by atoms with Gasteiger partial charge in [-0.25, -0.2) is 14.4 Å². The molecule has 0 aromatic heterocycles. The number of amides is 4. The van der Waals surface area contributed by atoms with Gasteiger partial charge in [0.15, 0.2) is 0 Å². The normalized spacial score (nSPS) is 18.6. The first-order valence-electron chi connectivity index (χ1n) is 15.4. The number of carbonyl (C=O) groups excluding carboxylic acids is 3. The van der Waals surface area contributed by atoms with Gasteiger partial charge in [0.1, 0.15) is 18.8 Å². The predicted octanol–water partition coefficient (Wildman–Crippen LogP) is 3.87. The lowest BCUT2D eigenvalue weighted by molar-refractivity contribution is -0.121. The van der Waals surface area contributed by atoms with Crippen LogP contribution in [0.5, 0.6) is 0 Å². The summed E-state index contributed by atoms with van der Waals surface area (Å²) < 4.78 is 10.5. The molecule has 2 atom stereocenters. The minimum Gasteiger partial charge on any atom is -0.465 e. The Balaban J connectivity index is 0.000000238. The van der Waals surface area contributed by atoms with Crippen LogP contribution in [0.2, 0.25) is 0 Å². The third-order valence-electron chi connectivity index (χ3n) is 7.80. The van der Waals surface area contributed by atoms with Crippen LogP contribution in [0.3, 0.4) is 0 Å². The quantitative estimate of drug-likeness (QED) is 0.318. The van der Waals surface area contributed by atoms with Gasteiger partial charge in [-0.2, -0.15) is 0 Å². The second kappa shape index (κ2) is 17.3. The summed E-state index contributed by atoms with van der Waals surface area (Å²) >= 11 is 9.50. The highest BCUT2D eigenvalue weighted by Gasteiger charge is 2.34. The van der Waals surface area contributed by atoms with Crippen molar-refractivity contribution in [1.82, 2.24) is 5.32 Å². The number of cyclic esters (lactones) is 2. The largest absolute Gasteiger partial charge is 0.465 e. The van der Waals surface area contributed by atoms with Crippen LogP contribution in [0.15, 0.2) is 36.4 Å². The van der Waals surface area contributed by atoms with Crippen LogP contribution < -0.4 is 30.7 Å². The summed E-state index contributed by atoms with van der Waals surface area (Å²) in [5.41, 5.74) is 10.4. The lowest BCUT2D eigenvalue weighted by atomic mass is 10.1. The number of hydrogen-bond donors (Lipinski definition) is 4. The van der Waals surface area contributed by atoms with Gasteiger partial charge in [0, 0.05) is 36.7 Å². The van der Waals surface area contributed by atoms with E-state index in [1.807, 2.05) is 32.0 Å². The maximum Gasteiger partial charge on any atom is 0.414 e. The van der Waals surface area contributed by atoms with E-state index in [4.69, 9.17) is 37.6 Å². The number of nitrogens with two attached hydrogens (primary N) is 1. The van der Waals surface area contributed by atoms with Gasteiger partial charge in [-0.3, -0.25) is 19.5 Å². The molecule has 2 aromatic rings. The minimum atomic E-state index is -0.958. The zero-order chi connectivity index (χ0) is 35.1. The van der Waals surface area contributed by atoms with E-state index in [2.05, 4.69) is 17.5 Å². The molecule has 2 saturated heterocycles. The number of hydrogen-bond acceptors (Lipinski definition) is 10. The van der Waals surface area contributed by atoms with Crippen molar-refractivity contribution >= 4 is 81.2 Å². The molecule has 0 unspecified atom stereocenters. The minimum absolute atomic E-state index is 0. The fraction of sp³-hybridized carbons (Fsp3) is 0.455. The fourth-order valence-corrected chi connectivity index (χ4v) is 5.69. The van der Waals surface area contributed by atoms with Gasteiger partial charge >= 0.3 is 18.3 Å². The fourth-order valence-electron chi connectivity index (χ4n) is 5.61. The van der Waals surface area contributed by atoms with E-state index in [-0.39, 0.29) is 31.6 Å². The number of rotatable bonds is 6. The number of aliphatic hydroxyl groups excluding tert-OH is 1. The second-order valence-electron chi connectivity index (χ2n) is 11.6. The molecular formula is C33H44N6O8S2. The first-order chi connectivity index (χ1) is 22.8. The van der Waals surface area contributed by atoms with Gasteiger partial charge in [-0.1, -0.05) is 31.9 Å². The molecule has 6 rings (SSSR count). The molecule has 5 N–H and O–H groups in total. The van der Waals surface area contributed by atoms with E-state index in [9.17, 15) is 19.2 Å². The lowest BCUT2D eigenvalue weighted by Crippen LogP contribution is -2.32. The van der Waals surface area contributed by atoms with Crippen LogP contribution in [0.4, 0.5) is 37.1 Å². The first kappa shape index (κ1) is 39.1. The summed E-state index contributed by atoms with van der Waals surface area (Å²) in [4.78, 5) is 54.3. The van der Waals surface area contributed by atoms with Crippen molar-refractivity contribution < 1.29 is 38.9 Å².